The molecule has 2 atom stereocenters. The second kappa shape index (κ2) is 7.00. The molecule has 24 heavy (non-hydrogen) atoms. The molecule has 1 fully saturated rings. The Morgan fingerprint density at radius 1 is 1.50 bits per heavy atom. The van der Waals surface area contributed by atoms with Gasteiger partial charge in [-0.15, -0.1) is 0 Å². The molecule has 2 N–H and O–H groups in total. The lowest BCUT2D eigenvalue weighted by molar-refractivity contribution is 0.0842. The molecule has 2 aromatic rings. The normalized spacial score (nSPS) is 20.2. The summed E-state index contributed by atoms with van der Waals surface area (Å²) in [7, 11) is 0. The number of aryl methyl sites for hydroxylation is 2. The number of carbonyl (C=O) groups is 1. The van der Waals surface area contributed by atoms with Gasteiger partial charge < -0.3 is 15.2 Å². The summed E-state index contributed by atoms with van der Waals surface area (Å²) < 4.78 is 7.68. The van der Waals surface area contributed by atoms with Gasteiger partial charge in [0.05, 0.1) is 12.3 Å². The molecule has 7 heteroatoms. The lowest BCUT2D eigenvalue weighted by atomic mass is 9.97. The molecule has 7 nitrogen and oxygen atoms in total. The Morgan fingerprint density at radius 3 is 3.04 bits per heavy atom. The van der Waals surface area contributed by atoms with Crippen molar-refractivity contribution in [2.24, 2.45) is 5.92 Å². The van der Waals surface area contributed by atoms with Gasteiger partial charge in [0.1, 0.15) is 5.75 Å². The Morgan fingerprint density at radius 2 is 2.33 bits per heavy atom. The Hall–Kier alpha value is -2.41. The van der Waals surface area contributed by atoms with E-state index in [1.165, 1.54) is 6.07 Å². The Balaban J connectivity index is 1.63. The van der Waals surface area contributed by atoms with Crippen molar-refractivity contribution in [1.29, 1.82) is 0 Å². The lowest BCUT2D eigenvalue weighted by Gasteiger charge is -2.17. The van der Waals surface area contributed by atoms with Crippen molar-refractivity contribution in [2.45, 2.75) is 32.9 Å². The number of aromatic hydroxyl groups is 1. The van der Waals surface area contributed by atoms with Crippen LogP contribution < -0.4 is 5.32 Å². The lowest BCUT2D eigenvalue weighted by Crippen LogP contribution is -2.31. The highest BCUT2D eigenvalue weighted by molar-refractivity contribution is 5.94. The third-order valence-electron chi connectivity index (χ3n) is 4.26. The van der Waals surface area contributed by atoms with Gasteiger partial charge in [0.25, 0.3) is 5.91 Å². The van der Waals surface area contributed by atoms with E-state index >= 15 is 0 Å². The van der Waals surface area contributed by atoms with Gasteiger partial charge in [-0.25, -0.2) is 4.98 Å². The standard InChI is InChI=1S/C17H22N4O3/c1-3-21-10-13(9-20-21)16-12(4-5-24-16)8-19-17(23)15-14(22)6-11(2)7-18-15/h6-7,9-10,12,16,22H,3-5,8H2,1-2H3,(H,19,23)/t12-,16+/m0/s1. The smallest absolute Gasteiger partial charge is 0.273 e. The van der Waals surface area contributed by atoms with Crippen molar-refractivity contribution >= 4 is 5.91 Å². The second-order valence-electron chi connectivity index (χ2n) is 6.06. The minimum absolute atomic E-state index is 0.0508. The minimum atomic E-state index is -0.373. The minimum Gasteiger partial charge on any atom is -0.505 e. The summed E-state index contributed by atoms with van der Waals surface area (Å²) in [4.78, 5) is 16.2. The molecule has 0 unspecified atom stereocenters. The summed E-state index contributed by atoms with van der Waals surface area (Å²) in [6.45, 7) is 5.79. The van der Waals surface area contributed by atoms with E-state index in [9.17, 15) is 9.90 Å². The average Bonchev–Trinajstić information content (AvgIpc) is 3.21. The van der Waals surface area contributed by atoms with E-state index < -0.39 is 0 Å². The summed E-state index contributed by atoms with van der Waals surface area (Å²) in [6, 6.07) is 1.53. The largest absolute Gasteiger partial charge is 0.505 e. The number of nitrogens with zero attached hydrogens (tertiary/aromatic N) is 3. The molecule has 0 aliphatic carbocycles. The molecule has 3 rings (SSSR count). The zero-order valence-corrected chi connectivity index (χ0v) is 13.9. The highest BCUT2D eigenvalue weighted by atomic mass is 16.5. The van der Waals surface area contributed by atoms with Crippen LogP contribution in [0.2, 0.25) is 0 Å². The number of nitrogens with one attached hydrogen (secondary N) is 1. The highest BCUT2D eigenvalue weighted by Gasteiger charge is 2.31. The number of rotatable bonds is 5. The molecule has 0 bridgehead atoms. The molecule has 0 saturated carbocycles. The van der Waals surface area contributed by atoms with Crippen LogP contribution in [0.25, 0.3) is 0 Å². The number of carbonyl (C=O) groups excluding carboxylic acids is 1. The number of ether oxygens (including phenoxy) is 1. The number of hydrogen-bond acceptors (Lipinski definition) is 5. The summed E-state index contributed by atoms with van der Waals surface area (Å²) in [5.74, 6) is -0.297. The van der Waals surface area contributed by atoms with Crippen LogP contribution in [0.3, 0.4) is 0 Å². The van der Waals surface area contributed by atoms with Crippen LogP contribution >= 0.6 is 0 Å². The van der Waals surface area contributed by atoms with Crippen LogP contribution in [-0.4, -0.2) is 38.9 Å². The molecule has 3 heterocycles. The van der Waals surface area contributed by atoms with Gasteiger partial charge >= 0.3 is 0 Å². The Kier molecular flexibility index (Phi) is 4.80. The SMILES string of the molecule is CCn1cc([C@@H]2OCC[C@H]2CNC(=O)c2ncc(C)cc2O)cn1. The predicted octanol–water partition coefficient (Wildman–Crippen LogP) is 1.82. The quantitative estimate of drug-likeness (QED) is 0.873. The van der Waals surface area contributed by atoms with Gasteiger partial charge in [-0.05, 0) is 31.9 Å². The molecule has 1 aliphatic heterocycles. The molecule has 128 valence electrons. The van der Waals surface area contributed by atoms with Crippen molar-refractivity contribution in [3.05, 3.63) is 41.5 Å². The monoisotopic (exact) mass is 330 g/mol. The van der Waals surface area contributed by atoms with E-state index in [1.807, 2.05) is 30.9 Å². The van der Waals surface area contributed by atoms with Crippen molar-refractivity contribution in [2.75, 3.05) is 13.2 Å². The maximum Gasteiger partial charge on any atom is 0.273 e. The molecule has 2 aromatic heterocycles. The fourth-order valence-electron chi connectivity index (χ4n) is 2.95. The van der Waals surface area contributed by atoms with Crippen molar-refractivity contribution < 1.29 is 14.6 Å². The first kappa shape index (κ1) is 16.4. The number of pyridine rings is 1. The van der Waals surface area contributed by atoms with E-state index in [-0.39, 0.29) is 29.4 Å². The molecular weight excluding hydrogens is 308 g/mol. The second-order valence-corrected chi connectivity index (χ2v) is 6.06. The number of amides is 1. The fourth-order valence-corrected chi connectivity index (χ4v) is 2.95. The average molecular weight is 330 g/mol. The van der Waals surface area contributed by atoms with E-state index in [0.717, 1.165) is 24.1 Å². The van der Waals surface area contributed by atoms with Crippen LogP contribution in [0.15, 0.2) is 24.7 Å². The van der Waals surface area contributed by atoms with E-state index in [2.05, 4.69) is 15.4 Å². The highest BCUT2D eigenvalue weighted by Crippen LogP contribution is 2.33. The molecule has 1 amide bonds. The molecular formula is C17H22N4O3. The summed E-state index contributed by atoms with van der Waals surface area (Å²) in [5.41, 5.74) is 1.89. The zero-order valence-electron chi connectivity index (χ0n) is 13.9. The topological polar surface area (TPSA) is 89.3 Å². The number of hydrogen-bond donors (Lipinski definition) is 2. The van der Waals surface area contributed by atoms with Crippen LogP contribution in [-0.2, 0) is 11.3 Å². The Labute approximate surface area is 140 Å². The predicted molar refractivity (Wildman–Crippen MR) is 87.7 cm³/mol. The third kappa shape index (κ3) is 3.41. The first-order valence-corrected chi connectivity index (χ1v) is 8.16. The van der Waals surface area contributed by atoms with Gasteiger partial charge in [0.2, 0.25) is 0 Å². The summed E-state index contributed by atoms with van der Waals surface area (Å²) >= 11 is 0. The van der Waals surface area contributed by atoms with Crippen molar-refractivity contribution in [3.63, 3.8) is 0 Å². The van der Waals surface area contributed by atoms with Gasteiger partial charge in [-0.2, -0.15) is 5.10 Å². The van der Waals surface area contributed by atoms with Crippen LogP contribution in [0, 0.1) is 12.8 Å². The number of aromatic nitrogens is 3. The van der Waals surface area contributed by atoms with Crippen molar-refractivity contribution in [1.82, 2.24) is 20.1 Å². The summed E-state index contributed by atoms with van der Waals surface area (Å²) in [6.07, 6.45) is 6.18. The maximum atomic E-state index is 12.2. The molecule has 0 spiro atoms. The van der Waals surface area contributed by atoms with E-state index in [4.69, 9.17) is 4.74 Å². The maximum absolute atomic E-state index is 12.2. The van der Waals surface area contributed by atoms with Gasteiger partial charge in [0, 0.05) is 43.6 Å². The molecule has 0 radical (unpaired) electrons. The van der Waals surface area contributed by atoms with Crippen LogP contribution in [0.4, 0.5) is 0 Å². The van der Waals surface area contributed by atoms with Gasteiger partial charge in [-0.3, -0.25) is 9.48 Å². The van der Waals surface area contributed by atoms with Crippen LogP contribution in [0.1, 0.15) is 41.1 Å². The molecule has 0 aromatic carbocycles. The van der Waals surface area contributed by atoms with E-state index in [1.54, 1.807) is 6.20 Å². The fraction of sp³-hybridized carbons (Fsp3) is 0.471. The first-order chi connectivity index (χ1) is 11.6. The molecule has 1 saturated heterocycles. The van der Waals surface area contributed by atoms with Crippen LogP contribution in [0.5, 0.6) is 5.75 Å². The zero-order chi connectivity index (χ0) is 17.1. The van der Waals surface area contributed by atoms with Gasteiger partial charge in [0.15, 0.2) is 5.69 Å². The molecule has 1 aliphatic rings. The third-order valence-corrected chi connectivity index (χ3v) is 4.26. The van der Waals surface area contributed by atoms with Crippen molar-refractivity contribution in [3.8, 4) is 5.75 Å². The first-order valence-electron chi connectivity index (χ1n) is 8.16. The van der Waals surface area contributed by atoms with E-state index in [0.29, 0.717) is 13.2 Å². The van der Waals surface area contributed by atoms with Gasteiger partial charge in [-0.1, -0.05) is 0 Å². The summed E-state index contributed by atoms with van der Waals surface area (Å²) in [5, 5.41) is 17.0. The Bertz CT molecular complexity index is 728.